The number of esters is 1. The number of ether oxygens (including phenoxy) is 2. The summed E-state index contributed by atoms with van der Waals surface area (Å²) in [5, 5.41) is 22.7. The summed E-state index contributed by atoms with van der Waals surface area (Å²) in [4.78, 5) is 55.5. The van der Waals surface area contributed by atoms with Crippen molar-refractivity contribution in [3.63, 3.8) is 0 Å². The second-order valence-electron chi connectivity index (χ2n) is 13.1. The number of carbonyl (C=O) groups is 4. The van der Waals surface area contributed by atoms with Crippen LogP contribution in [0, 0.1) is 17.8 Å². The van der Waals surface area contributed by atoms with E-state index in [1.807, 2.05) is 30.3 Å². The molecule has 0 saturated carbocycles. The highest BCUT2D eigenvalue weighted by Crippen LogP contribution is 2.38. The molecule has 0 aliphatic carbocycles. The van der Waals surface area contributed by atoms with Crippen molar-refractivity contribution in [2.75, 3.05) is 6.54 Å². The Labute approximate surface area is 274 Å². The smallest absolute Gasteiger partial charge is 0.329 e. The maximum absolute atomic E-state index is 13.7. The van der Waals surface area contributed by atoms with Crippen LogP contribution in [-0.4, -0.2) is 79.2 Å². The molecule has 0 radical (unpaired) electrons. The molecule has 9 nitrogen and oxygen atoms in total. The number of nitrogens with zero attached hydrogens (tertiary/aromatic N) is 1. The van der Waals surface area contributed by atoms with Crippen LogP contribution >= 0.6 is 22.6 Å². The van der Waals surface area contributed by atoms with Crippen LogP contribution < -0.4 is 0 Å². The molecule has 2 N–H and O–H groups in total. The predicted octanol–water partition coefficient (Wildman–Crippen LogP) is 4.56. The molecule has 3 saturated heterocycles. The van der Waals surface area contributed by atoms with Gasteiger partial charge in [-0.05, 0) is 63.4 Å². The normalized spacial score (nSPS) is 36.0. The van der Waals surface area contributed by atoms with Crippen molar-refractivity contribution < 1.29 is 38.9 Å². The van der Waals surface area contributed by atoms with E-state index < -0.39 is 65.6 Å². The van der Waals surface area contributed by atoms with E-state index in [1.54, 1.807) is 20.8 Å². The van der Waals surface area contributed by atoms with Crippen molar-refractivity contribution in [2.45, 2.75) is 125 Å². The van der Waals surface area contributed by atoms with Crippen molar-refractivity contribution in [2.24, 2.45) is 17.8 Å². The van der Waals surface area contributed by atoms with Crippen molar-refractivity contribution in [1.82, 2.24) is 4.90 Å². The fourth-order valence-electron chi connectivity index (χ4n) is 6.79. The number of ketones is 2. The van der Waals surface area contributed by atoms with Gasteiger partial charge < -0.3 is 24.6 Å². The lowest BCUT2D eigenvalue weighted by Gasteiger charge is -2.44. The summed E-state index contributed by atoms with van der Waals surface area (Å²) in [6.07, 6.45) is 4.17. The highest BCUT2D eigenvalue weighted by atomic mass is 127. The molecule has 3 fully saturated rings. The second kappa shape index (κ2) is 15.6. The van der Waals surface area contributed by atoms with Gasteiger partial charge in [0.1, 0.15) is 17.9 Å². The number of carbonyl (C=O) groups excluding carboxylic acids is 4. The molecule has 244 valence electrons. The predicted molar refractivity (Wildman–Crippen MR) is 173 cm³/mol. The Morgan fingerprint density at radius 1 is 0.955 bits per heavy atom. The van der Waals surface area contributed by atoms with Crippen LogP contribution in [-0.2, 0) is 35.1 Å². The quantitative estimate of drug-likeness (QED) is 0.201. The number of aliphatic hydroxyl groups is 2. The number of Topliss-reactive ketones (excluding diaryl/α,β-unsaturated/α-hetero) is 2. The molecule has 0 aromatic heterocycles. The van der Waals surface area contributed by atoms with Gasteiger partial charge >= 0.3 is 5.97 Å². The number of alkyl halides is 1. The molecule has 9 unspecified atom stereocenters. The third kappa shape index (κ3) is 8.09. The molecule has 9 atom stereocenters. The van der Waals surface area contributed by atoms with Gasteiger partial charge in [0.15, 0.2) is 0 Å². The first kappa shape index (κ1) is 35.0. The number of cyclic esters (lactones) is 1. The maximum atomic E-state index is 13.7. The summed E-state index contributed by atoms with van der Waals surface area (Å²) in [7, 11) is 0. The van der Waals surface area contributed by atoms with Crippen LogP contribution in [0.2, 0.25) is 0 Å². The molecule has 2 bridgehead atoms. The largest absolute Gasteiger partial charge is 0.460 e. The minimum absolute atomic E-state index is 0.0325. The lowest BCUT2D eigenvalue weighted by atomic mass is 9.79. The fraction of sp³-hybridized carbons (Fsp3) is 0.706. The molecule has 1 amide bonds. The molecule has 44 heavy (non-hydrogen) atoms. The Hall–Kier alpha value is -1.89. The van der Waals surface area contributed by atoms with Gasteiger partial charge in [-0.25, -0.2) is 4.79 Å². The number of aliphatic hydroxyl groups excluding tert-OH is 1. The number of halogens is 1. The van der Waals surface area contributed by atoms with E-state index >= 15 is 0 Å². The van der Waals surface area contributed by atoms with Gasteiger partial charge in [0.05, 0.1) is 16.1 Å². The van der Waals surface area contributed by atoms with E-state index in [9.17, 15) is 29.4 Å². The molecule has 0 spiro atoms. The van der Waals surface area contributed by atoms with E-state index in [-0.39, 0.29) is 16.3 Å². The molecule has 10 heteroatoms. The summed E-state index contributed by atoms with van der Waals surface area (Å²) in [5.74, 6) is -6.93. The SMILES string of the molecule is CC1C(=O)CCCCCC(C(I)Cc2ccccc2)OC(=O)C2CCCCN2C(=O)C(=O)C2(O)OC(CCC2C)C(C)C1O. The van der Waals surface area contributed by atoms with Gasteiger partial charge in [0.2, 0.25) is 5.79 Å². The summed E-state index contributed by atoms with van der Waals surface area (Å²) < 4.78 is 12.1. The summed E-state index contributed by atoms with van der Waals surface area (Å²) in [6.45, 7) is 5.31. The highest BCUT2D eigenvalue weighted by molar-refractivity contribution is 14.1. The summed E-state index contributed by atoms with van der Waals surface area (Å²) >= 11 is 2.32. The number of benzene rings is 1. The van der Waals surface area contributed by atoms with Gasteiger partial charge in [-0.3, -0.25) is 14.4 Å². The first-order valence-corrected chi connectivity index (χ1v) is 17.5. The molecule has 3 aliphatic rings. The third-order valence-electron chi connectivity index (χ3n) is 9.94. The van der Waals surface area contributed by atoms with E-state index in [1.165, 1.54) is 4.90 Å². The summed E-state index contributed by atoms with van der Waals surface area (Å²) in [6, 6.07) is 9.05. The van der Waals surface area contributed by atoms with E-state index in [0.717, 1.165) is 18.4 Å². The van der Waals surface area contributed by atoms with Crippen molar-refractivity contribution in [3.05, 3.63) is 35.9 Å². The molecule has 1 aromatic rings. The van der Waals surface area contributed by atoms with Crippen LogP contribution in [0.25, 0.3) is 0 Å². The van der Waals surface area contributed by atoms with E-state index in [2.05, 4.69) is 22.6 Å². The number of hydrogen-bond acceptors (Lipinski definition) is 8. The maximum Gasteiger partial charge on any atom is 0.329 e. The number of amides is 1. The number of rotatable bonds is 3. The number of piperidine rings is 1. The van der Waals surface area contributed by atoms with Gasteiger partial charge in [-0.1, -0.05) is 80.1 Å². The third-order valence-corrected chi connectivity index (χ3v) is 11.2. The van der Waals surface area contributed by atoms with Crippen LogP contribution in [0.15, 0.2) is 30.3 Å². The zero-order valence-corrected chi connectivity index (χ0v) is 28.3. The molecule has 4 rings (SSSR count). The minimum atomic E-state index is -2.40. The Morgan fingerprint density at radius 2 is 1.66 bits per heavy atom. The zero-order chi connectivity index (χ0) is 32.0. The molecule has 1 aromatic carbocycles. The first-order chi connectivity index (χ1) is 20.9. The van der Waals surface area contributed by atoms with Gasteiger partial charge in [0.25, 0.3) is 11.7 Å². The van der Waals surface area contributed by atoms with Crippen molar-refractivity contribution >= 4 is 46.0 Å². The van der Waals surface area contributed by atoms with E-state index in [4.69, 9.17) is 9.47 Å². The van der Waals surface area contributed by atoms with Gasteiger partial charge in [0, 0.05) is 30.7 Å². The van der Waals surface area contributed by atoms with Crippen LogP contribution in [0.4, 0.5) is 0 Å². The average Bonchev–Trinajstić information content (AvgIpc) is 3.03. The summed E-state index contributed by atoms with van der Waals surface area (Å²) in [5.41, 5.74) is 1.12. The van der Waals surface area contributed by atoms with Crippen molar-refractivity contribution in [3.8, 4) is 0 Å². The molecule has 3 heterocycles. The topological polar surface area (TPSA) is 130 Å². The monoisotopic (exact) mass is 725 g/mol. The Morgan fingerprint density at radius 3 is 2.39 bits per heavy atom. The number of fused-ring (bicyclic) bond motifs is 3. The van der Waals surface area contributed by atoms with Gasteiger partial charge in [-0.2, -0.15) is 0 Å². The Kier molecular flexibility index (Phi) is 12.4. The molecular weight excluding hydrogens is 677 g/mol. The standard InChI is InChI=1S/C34H48INO8/c1-21-17-18-28-23(3)30(38)22(2)27(37)15-8-5-9-16-29(25(35)20-24-12-6-4-7-13-24)43-33(41)26-14-10-11-19-36(26)32(40)31(39)34(21,42)44-28/h4,6-7,12-13,21-23,25-26,28-30,38,42H,5,8-11,14-20H2,1-3H3. The lowest BCUT2D eigenvalue weighted by Crippen LogP contribution is -2.61. The second-order valence-corrected chi connectivity index (χ2v) is 14.7. The van der Waals surface area contributed by atoms with Crippen LogP contribution in [0.5, 0.6) is 0 Å². The van der Waals surface area contributed by atoms with Crippen LogP contribution in [0.3, 0.4) is 0 Å². The van der Waals surface area contributed by atoms with Crippen molar-refractivity contribution in [1.29, 1.82) is 0 Å². The average molecular weight is 726 g/mol. The minimum Gasteiger partial charge on any atom is -0.460 e. The van der Waals surface area contributed by atoms with Gasteiger partial charge in [-0.15, -0.1) is 0 Å². The van der Waals surface area contributed by atoms with Crippen LogP contribution in [0.1, 0.15) is 90.5 Å². The van der Waals surface area contributed by atoms with E-state index in [0.29, 0.717) is 57.8 Å². The lowest BCUT2D eigenvalue weighted by molar-refractivity contribution is -0.274. The molecule has 3 aliphatic heterocycles. The highest BCUT2D eigenvalue weighted by Gasteiger charge is 2.54. The Balaban J connectivity index is 1.62. The fourth-order valence-corrected chi connectivity index (χ4v) is 7.81. The molecular formula is C34H48INO8. The number of hydrogen-bond donors (Lipinski definition) is 2. The zero-order valence-electron chi connectivity index (χ0n) is 26.2. The first-order valence-electron chi connectivity index (χ1n) is 16.3. The Bertz CT molecular complexity index is 1160.